The molecule has 0 saturated heterocycles. The van der Waals surface area contributed by atoms with Gasteiger partial charge in [0.15, 0.2) is 0 Å². The van der Waals surface area contributed by atoms with E-state index >= 15 is 0 Å². The van der Waals surface area contributed by atoms with E-state index in [2.05, 4.69) is 140 Å². The fourth-order valence-electron chi connectivity index (χ4n) is 7.62. The zero-order chi connectivity index (χ0) is 47.1. The Hall–Kier alpha value is -5.10. The lowest BCUT2D eigenvalue weighted by Crippen LogP contribution is -2.20. The summed E-state index contributed by atoms with van der Waals surface area (Å²) in [6, 6.07) is 16.6. The van der Waals surface area contributed by atoms with Crippen LogP contribution in [0.5, 0.6) is 23.0 Å². The predicted octanol–water partition coefficient (Wildman–Crippen LogP) is 13.9. The van der Waals surface area contributed by atoms with Gasteiger partial charge in [0.1, 0.15) is 23.0 Å². The number of carbonyl (C=O) groups is 2. The standard InChI is InChI=1S/C30H42O3.C26H34O3/c1-10-20-15-22(27(32)24(17-20)29(6,7)13-4)19-23-16-21(11-2)18-25(30(8,9)14-5)28(23)33-26(31)12-3;1-10-22(27)29-24-19(12-17(3)14-21(24)26(7,8)9)15-18-11-16(2)13-20(23(18)28)25(4,5)6/h12,15-18,32H,3,10-11,13-14,19H2,1-2,4-9H3;10-14,28H,1,15H2,2-9H3. The van der Waals surface area contributed by atoms with Crippen molar-refractivity contribution in [1.29, 1.82) is 0 Å². The number of phenols is 2. The van der Waals surface area contributed by atoms with Crippen LogP contribution >= 0.6 is 0 Å². The van der Waals surface area contributed by atoms with E-state index in [1.165, 1.54) is 23.3 Å². The van der Waals surface area contributed by atoms with E-state index in [9.17, 15) is 19.8 Å². The molecule has 6 heteroatoms. The van der Waals surface area contributed by atoms with Gasteiger partial charge in [0.2, 0.25) is 0 Å². The summed E-state index contributed by atoms with van der Waals surface area (Å²) in [7, 11) is 0. The second-order valence-electron chi connectivity index (χ2n) is 20.2. The van der Waals surface area contributed by atoms with Crippen molar-refractivity contribution < 1.29 is 29.3 Å². The topological polar surface area (TPSA) is 93.1 Å². The molecule has 4 aromatic rings. The number of aryl methyl sites for hydroxylation is 4. The molecule has 0 aromatic heterocycles. The van der Waals surface area contributed by atoms with Crippen molar-refractivity contribution in [2.45, 2.75) is 171 Å². The minimum atomic E-state index is -0.482. The van der Waals surface area contributed by atoms with Gasteiger partial charge in [-0.25, -0.2) is 9.59 Å². The second-order valence-corrected chi connectivity index (χ2v) is 20.2. The van der Waals surface area contributed by atoms with Crippen molar-refractivity contribution in [2.24, 2.45) is 0 Å². The monoisotopic (exact) mass is 845 g/mol. The van der Waals surface area contributed by atoms with Gasteiger partial charge in [0, 0.05) is 47.2 Å². The molecule has 62 heavy (non-hydrogen) atoms. The van der Waals surface area contributed by atoms with Crippen molar-refractivity contribution in [3.8, 4) is 23.0 Å². The molecule has 0 saturated carbocycles. The number of hydrogen-bond donors (Lipinski definition) is 2. The average Bonchev–Trinajstić information content (AvgIpc) is 3.20. The molecule has 0 aliphatic rings. The van der Waals surface area contributed by atoms with Crippen molar-refractivity contribution in [2.75, 3.05) is 0 Å². The van der Waals surface area contributed by atoms with Crippen LogP contribution in [0.1, 0.15) is 177 Å². The number of phenolic OH excluding ortho intramolecular Hbond substituents is 2. The summed E-state index contributed by atoms with van der Waals surface area (Å²) < 4.78 is 11.6. The molecule has 0 spiro atoms. The summed E-state index contributed by atoms with van der Waals surface area (Å²) in [5, 5.41) is 22.3. The van der Waals surface area contributed by atoms with Crippen LogP contribution < -0.4 is 9.47 Å². The van der Waals surface area contributed by atoms with Gasteiger partial charge < -0.3 is 19.7 Å². The van der Waals surface area contributed by atoms with Gasteiger partial charge in [0.05, 0.1) is 0 Å². The smallest absolute Gasteiger partial charge is 0.335 e. The lowest BCUT2D eigenvalue weighted by Gasteiger charge is -2.29. The third-order valence-electron chi connectivity index (χ3n) is 12.3. The highest BCUT2D eigenvalue weighted by Gasteiger charge is 2.30. The highest BCUT2D eigenvalue weighted by molar-refractivity contribution is 5.84. The Morgan fingerprint density at radius 3 is 1.31 bits per heavy atom. The molecular weight excluding hydrogens is 769 g/mol. The van der Waals surface area contributed by atoms with Crippen molar-refractivity contribution in [1.82, 2.24) is 0 Å². The molecule has 0 aliphatic heterocycles. The third kappa shape index (κ3) is 12.5. The first-order valence-electron chi connectivity index (χ1n) is 22.3. The Bertz CT molecular complexity index is 2270. The van der Waals surface area contributed by atoms with Crippen LogP contribution in [0.2, 0.25) is 0 Å². The van der Waals surface area contributed by atoms with Gasteiger partial charge in [-0.05, 0) is 94.6 Å². The van der Waals surface area contributed by atoms with Crippen LogP contribution in [-0.2, 0) is 56.9 Å². The molecule has 0 bridgehead atoms. The molecule has 2 N–H and O–H groups in total. The Kier molecular flexibility index (Phi) is 16.9. The Morgan fingerprint density at radius 1 is 0.516 bits per heavy atom. The predicted molar refractivity (Wildman–Crippen MR) is 259 cm³/mol. The number of esters is 2. The largest absolute Gasteiger partial charge is 0.507 e. The Balaban J connectivity index is 0.000000333. The van der Waals surface area contributed by atoms with Crippen molar-refractivity contribution >= 4 is 11.9 Å². The minimum Gasteiger partial charge on any atom is -0.507 e. The third-order valence-corrected chi connectivity index (χ3v) is 12.3. The lowest BCUT2D eigenvalue weighted by molar-refractivity contribution is -0.130. The summed E-state index contributed by atoms with van der Waals surface area (Å²) in [6.07, 6.45) is 6.95. The second kappa shape index (κ2) is 20.4. The Labute approximate surface area is 374 Å². The van der Waals surface area contributed by atoms with Crippen LogP contribution in [0.4, 0.5) is 0 Å². The summed E-state index contributed by atoms with van der Waals surface area (Å²) in [5.74, 6) is 0.867. The van der Waals surface area contributed by atoms with Gasteiger partial charge in [-0.15, -0.1) is 0 Å². The molecule has 336 valence electrons. The van der Waals surface area contributed by atoms with Crippen molar-refractivity contribution in [3.05, 3.63) is 141 Å². The Morgan fingerprint density at radius 2 is 0.871 bits per heavy atom. The first-order valence-corrected chi connectivity index (χ1v) is 22.3. The van der Waals surface area contributed by atoms with E-state index < -0.39 is 11.9 Å². The molecule has 4 aromatic carbocycles. The zero-order valence-corrected chi connectivity index (χ0v) is 41.0. The fraction of sp³-hybridized carbons (Fsp3) is 0.464. The summed E-state index contributed by atoms with van der Waals surface area (Å²) in [6.45, 7) is 41.0. The number of hydrogen-bond acceptors (Lipinski definition) is 6. The van der Waals surface area contributed by atoms with E-state index in [1.807, 2.05) is 32.0 Å². The molecule has 6 nitrogen and oxygen atoms in total. The summed E-state index contributed by atoms with van der Waals surface area (Å²) >= 11 is 0. The lowest BCUT2D eigenvalue weighted by atomic mass is 9.78. The van der Waals surface area contributed by atoms with Crippen LogP contribution in [0.3, 0.4) is 0 Å². The molecule has 0 radical (unpaired) electrons. The molecule has 0 heterocycles. The van der Waals surface area contributed by atoms with E-state index in [0.717, 1.165) is 81.3 Å². The normalized spacial score (nSPS) is 12.0. The zero-order valence-electron chi connectivity index (χ0n) is 41.0. The maximum absolute atomic E-state index is 12.3. The number of benzene rings is 4. The van der Waals surface area contributed by atoms with E-state index in [-0.39, 0.29) is 21.7 Å². The highest BCUT2D eigenvalue weighted by Crippen LogP contribution is 2.43. The number of carbonyl (C=O) groups excluding carboxylic acids is 2. The maximum Gasteiger partial charge on any atom is 0.335 e. The SMILES string of the molecule is C=CC(=O)Oc1c(Cc2cc(C)cc(C(C)(C)C)c2O)cc(C)cc1C(C)(C)C.C=CC(=O)Oc1c(Cc2cc(CC)cc(C(C)(C)CC)c2O)cc(CC)cc1C(C)(C)CC. The highest BCUT2D eigenvalue weighted by atomic mass is 16.5. The van der Waals surface area contributed by atoms with Gasteiger partial charge in [-0.1, -0.05) is 170 Å². The first-order chi connectivity index (χ1) is 28.7. The van der Waals surface area contributed by atoms with Gasteiger partial charge in [-0.3, -0.25) is 0 Å². The molecule has 0 atom stereocenters. The maximum atomic E-state index is 12.3. The van der Waals surface area contributed by atoms with Crippen molar-refractivity contribution in [3.63, 3.8) is 0 Å². The molecule has 0 amide bonds. The molecule has 4 rings (SSSR count). The number of ether oxygens (including phenoxy) is 2. The minimum absolute atomic E-state index is 0.136. The molecular formula is C56H76O6. The van der Waals surface area contributed by atoms with E-state index in [4.69, 9.17) is 9.47 Å². The van der Waals surface area contributed by atoms with Crippen LogP contribution in [0.15, 0.2) is 73.8 Å². The van der Waals surface area contributed by atoms with Crippen LogP contribution in [0.25, 0.3) is 0 Å². The first kappa shape index (κ1) is 51.3. The van der Waals surface area contributed by atoms with Crippen LogP contribution in [0, 0.1) is 13.8 Å². The van der Waals surface area contributed by atoms with Gasteiger partial charge >= 0.3 is 11.9 Å². The van der Waals surface area contributed by atoms with Gasteiger partial charge in [0.25, 0.3) is 0 Å². The van der Waals surface area contributed by atoms with E-state index in [1.54, 1.807) is 0 Å². The van der Waals surface area contributed by atoms with E-state index in [0.29, 0.717) is 35.8 Å². The molecule has 0 aliphatic carbocycles. The summed E-state index contributed by atoms with van der Waals surface area (Å²) in [4.78, 5) is 24.4. The quantitative estimate of drug-likeness (QED) is 0.0746. The molecule has 0 fully saturated rings. The van der Waals surface area contributed by atoms with Crippen LogP contribution in [-0.4, -0.2) is 22.2 Å². The number of rotatable bonds is 14. The average molecular weight is 845 g/mol. The van der Waals surface area contributed by atoms with Gasteiger partial charge in [-0.2, -0.15) is 0 Å². The molecule has 0 unspecified atom stereocenters. The fourth-order valence-corrected chi connectivity index (χ4v) is 7.62. The number of aromatic hydroxyl groups is 2. The summed E-state index contributed by atoms with van der Waals surface area (Å²) in [5.41, 5.74) is 11.3.